The predicted molar refractivity (Wildman–Crippen MR) is 109 cm³/mol. The van der Waals surface area contributed by atoms with Crippen LogP contribution in [-0.4, -0.2) is 25.0 Å². The first-order valence-corrected chi connectivity index (χ1v) is 9.39. The van der Waals surface area contributed by atoms with Gasteiger partial charge in [0.15, 0.2) is 11.5 Å². The molecule has 2 N–H and O–H groups in total. The minimum absolute atomic E-state index is 0.0955. The van der Waals surface area contributed by atoms with Crippen molar-refractivity contribution in [1.29, 1.82) is 0 Å². The molecule has 28 heavy (non-hydrogen) atoms. The summed E-state index contributed by atoms with van der Waals surface area (Å²) >= 11 is 6.22. The van der Waals surface area contributed by atoms with E-state index in [1.54, 1.807) is 36.4 Å². The highest BCUT2D eigenvalue weighted by molar-refractivity contribution is 6.32. The number of hydrogen-bond donors (Lipinski definition) is 2. The number of anilines is 2. The normalized spacial score (nSPS) is 13.0. The van der Waals surface area contributed by atoms with Crippen LogP contribution < -0.4 is 20.1 Å². The smallest absolute Gasteiger partial charge is 0.229 e. The zero-order valence-corrected chi connectivity index (χ0v) is 16.9. The molecule has 6 nitrogen and oxygen atoms in total. The van der Waals surface area contributed by atoms with Crippen LogP contribution in [0, 0.1) is 5.41 Å². The summed E-state index contributed by atoms with van der Waals surface area (Å²) in [5.74, 6) is 0.766. The van der Waals surface area contributed by atoms with Crippen molar-refractivity contribution in [3.8, 4) is 11.5 Å². The maximum atomic E-state index is 12.4. The molecular weight excluding hydrogens is 380 g/mol. The van der Waals surface area contributed by atoms with Crippen LogP contribution >= 0.6 is 11.6 Å². The lowest BCUT2D eigenvalue weighted by molar-refractivity contribution is -0.123. The van der Waals surface area contributed by atoms with Gasteiger partial charge in [-0.3, -0.25) is 9.59 Å². The number of amides is 2. The van der Waals surface area contributed by atoms with E-state index in [0.29, 0.717) is 41.1 Å². The van der Waals surface area contributed by atoms with E-state index in [-0.39, 0.29) is 18.2 Å². The molecule has 1 aliphatic rings. The Labute approximate surface area is 169 Å². The molecule has 0 fully saturated rings. The van der Waals surface area contributed by atoms with Crippen LogP contribution in [0.3, 0.4) is 0 Å². The van der Waals surface area contributed by atoms with E-state index in [1.165, 1.54) is 0 Å². The van der Waals surface area contributed by atoms with Gasteiger partial charge in [-0.1, -0.05) is 38.4 Å². The first-order valence-electron chi connectivity index (χ1n) is 9.02. The third kappa shape index (κ3) is 4.95. The molecule has 3 rings (SSSR count). The van der Waals surface area contributed by atoms with Gasteiger partial charge < -0.3 is 20.1 Å². The number of halogens is 1. The Morgan fingerprint density at radius 3 is 2.43 bits per heavy atom. The fraction of sp³-hybridized carbons (Fsp3) is 0.333. The molecule has 2 aromatic carbocycles. The lowest BCUT2D eigenvalue weighted by Gasteiger charge is -2.20. The molecule has 0 saturated heterocycles. The molecule has 2 aromatic rings. The SMILES string of the molecule is CC(C)(C)C(=O)Nc1cccc(NC(=O)Cc2cc(Cl)c3c(c2)OCCO3)c1. The fourth-order valence-electron chi connectivity index (χ4n) is 2.65. The number of nitrogens with one attached hydrogen (secondary N) is 2. The molecule has 1 aliphatic heterocycles. The molecule has 0 saturated carbocycles. The van der Waals surface area contributed by atoms with Gasteiger partial charge in [-0.25, -0.2) is 0 Å². The molecule has 148 valence electrons. The van der Waals surface area contributed by atoms with E-state index in [4.69, 9.17) is 21.1 Å². The van der Waals surface area contributed by atoms with Crippen LogP contribution in [0.5, 0.6) is 11.5 Å². The maximum Gasteiger partial charge on any atom is 0.229 e. The Morgan fingerprint density at radius 1 is 1.04 bits per heavy atom. The number of carbonyl (C=O) groups is 2. The predicted octanol–water partition coefficient (Wildman–Crippen LogP) is 4.28. The van der Waals surface area contributed by atoms with Gasteiger partial charge in [-0.15, -0.1) is 0 Å². The molecular formula is C21H23ClN2O4. The number of rotatable bonds is 4. The van der Waals surface area contributed by atoms with Gasteiger partial charge in [0, 0.05) is 16.8 Å². The second kappa shape index (κ2) is 8.10. The van der Waals surface area contributed by atoms with Crippen LogP contribution in [0.1, 0.15) is 26.3 Å². The zero-order valence-electron chi connectivity index (χ0n) is 16.1. The Balaban J connectivity index is 1.66. The largest absolute Gasteiger partial charge is 0.486 e. The quantitative estimate of drug-likeness (QED) is 0.800. The van der Waals surface area contributed by atoms with Gasteiger partial charge in [0.2, 0.25) is 11.8 Å². The summed E-state index contributed by atoms with van der Waals surface area (Å²) in [7, 11) is 0. The minimum atomic E-state index is -0.503. The lowest BCUT2D eigenvalue weighted by atomic mass is 9.95. The van der Waals surface area contributed by atoms with Crippen molar-refractivity contribution in [2.75, 3.05) is 23.8 Å². The van der Waals surface area contributed by atoms with Crippen LogP contribution in [-0.2, 0) is 16.0 Å². The minimum Gasteiger partial charge on any atom is -0.486 e. The average molecular weight is 403 g/mol. The molecule has 2 amide bonds. The van der Waals surface area contributed by atoms with Crippen LogP contribution in [0.25, 0.3) is 0 Å². The molecule has 0 spiro atoms. The van der Waals surface area contributed by atoms with Gasteiger partial charge >= 0.3 is 0 Å². The summed E-state index contributed by atoms with van der Waals surface area (Å²) in [6, 6.07) is 10.5. The maximum absolute atomic E-state index is 12.4. The summed E-state index contributed by atoms with van der Waals surface area (Å²) in [6.07, 6.45) is 0.134. The third-order valence-electron chi connectivity index (χ3n) is 4.11. The second-order valence-electron chi connectivity index (χ2n) is 7.61. The highest BCUT2D eigenvalue weighted by Crippen LogP contribution is 2.38. The molecule has 0 aliphatic carbocycles. The van der Waals surface area contributed by atoms with Crippen LogP contribution in [0.4, 0.5) is 11.4 Å². The summed E-state index contributed by atoms with van der Waals surface area (Å²) in [5, 5.41) is 6.11. The summed E-state index contributed by atoms with van der Waals surface area (Å²) < 4.78 is 11.0. The summed E-state index contributed by atoms with van der Waals surface area (Å²) in [6.45, 7) is 6.42. The van der Waals surface area contributed by atoms with Crippen molar-refractivity contribution < 1.29 is 19.1 Å². The Hall–Kier alpha value is -2.73. The standard InChI is InChI=1S/C21H23ClN2O4/c1-21(2,3)20(26)24-15-6-4-5-14(12-15)23-18(25)11-13-9-16(22)19-17(10-13)27-7-8-28-19/h4-6,9-10,12H,7-8,11H2,1-3H3,(H,23,25)(H,24,26). The molecule has 0 radical (unpaired) electrons. The average Bonchev–Trinajstić information content (AvgIpc) is 2.61. The van der Waals surface area contributed by atoms with Gasteiger partial charge in [0.25, 0.3) is 0 Å². The first kappa shape index (κ1) is 20.0. The van der Waals surface area contributed by atoms with Crippen molar-refractivity contribution >= 4 is 34.8 Å². The molecule has 0 atom stereocenters. The van der Waals surface area contributed by atoms with E-state index in [1.807, 2.05) is 20.8 Å². The van der Waals surface area contributed by atoms with Gasteiger partial charge in [-0.2, -0.15) is 0 Å². The number of hydrogen-bond acceptors (Lipinski definition) is 4. The fourth-order valence-corrected chi connectivity index (χ4v) is 2.94. The van der Waals surface area contributed by atoms with Crippen molar-refractivity contribution in [3.05, 3.63) is 47.0 Å². The van der Waals surface area contributed by atoms with E-state index >= 15 is 0 Å². The van der Waals surface area contributed by atoms with Gasteiger partial charge in [-0.05, 0) is 35.9 Å². The van der Waals surface area contributed by atoms with Crippen molar-refractivity contribution in [1.82, 2.24) is 0 Å². The van der Waals surface area contributed by atoms with Crippen LogP contribution in [0.15, 0.2) is 36.4 Å². The number of ether oxygens (including phenoxy) is 2. The van der Waals surface area contributed by atoms with E-state index in [0.717, 1.165) is 5.56 Å². The van der Waals surface area contributed by atoms with E-state index in [2.05, 4.69) is 10.6 Å². The third-order valence-corrected chi connectivity index (χ3v) is 4.39. The molecule has 0 aromatic heterocycles. The topological polar surface area (TPSA) is 76.7 Å². The number of benzene rings is 2. The van der Waals surface area contributed by atoms with Gasteiger partial charge in [0.05, 0.1) is 11.4 Å². The molecule has 7 heteroatoms. The summed E-state index contributed by atoms with van der Waals surface area (Å²) in [5.41, 5.74) is 1.45. The van der Waals surface area contributed by atoms with E-state index < -0.39 is 5.41 Å². The number of carbonyl (C=O) groups excluding carboxylic acids is 2. The Bertz CT molecular complexity index is 906. The first-order chi connectivity index (χ1) is 13.2. The van der Waals surface area contributed by atoms with Gasteiger partial charge in [0.1, 0.15) is 13.2 Å². The van der Waals surface area contributed by atoms with Crippen molar-refractivity contribution in [2.24, 2.45) is 5.41 Å². The monoisotopic (exact) mass is 402 g/mol. The number of fused-ring (bicyclic) bond motifs is 1. The van der Waals surface area contributed by atoms with Crippen LogP contribution in [0.2, 0.25) is 5.02 Å². The molecule has 0 bridgehead atoms. The molecule has 1 heterocycles. The highest BCUT2D eigenvalue weighted by Gasteiger charge is 2.21. The summed E-state index contributed by atoms with van der Waals surface area (Å²) in [4.78, 5) is 24.6. The lowest BCUT2D eigenvalue weighted by Crippen LogP contribution is -2.27. The molecule has 0 unspecified atom stereocenters. The van der Waals surface area contributed by atoms with Crippen molar-refractivity contribution in [3.63, 3.8) is 0 Å². The highest BCUT2D eigenvalue weighted by atomic mass is 35.5. The van der Waals surface area contributed by atoms with Crippen molar-refractivity contribution in [2.45, 2.75) is 27.2 Å². The van der Waals surface area contributed by atoms with E-state index in [9.17, 15) is 9.59 Å². The Morgan fingerprint density at radius 2 is 1.71 bits per heavy atom. The Kier molecular flexibility index (Phi) is 5.79. The second-order valence-corrected chi connectivity index (χ2v) is 8.02. The zero-order chi connectivity index (χ0) is 20.3.